The number of aryl methyl sites for hydroxylation is 3. The Kier molecular flexibility index (Phi) is 2.74. The summed E-state index contributed by atoms with van der Waals surface area (Å²) in [6, 6.07) is 1.97. The number of nitrogens with zero attached hydrogens (tertiary/aromatic N) is 3. The molecular weight excluding hydrogens is 260 g/mol. The standard InChI is InChI=1S/C13H14N4OS/c1-7-4-5-14-12-11(7)15-13(19)17(12)6-10-8(2)16-18-9(10)3/h4-5H,6H2,1-3H3,(H,15,19). The Bertz CT molecular complexity index is 792. The highest BCUT2D eigenvalue weighted by atomic mass is 32.1. The Morgan fingerprint density at radius 3 is 2.84 bits per heavy atom. The highest BCUT2D eigenvalue weighted by Gasteiger charge is 2.13. The minimum Gasteiger partial charge on any atom is -0.361 e. The van der Waals surface area contributed by atoms with Crippen molar-refractivity contribution in [3.05, 3.63) is 39.6 Å². The zero-order valence-electron chi connectivity index (χ0n) is 11.0. The van der Waals surface area contributed by atoms with Gasteiger partial charge in [-0.15, -0.1) is 0 Å². The smallest absolute Gasteiger partial charge is 0.179 e. The van der Waals surface area contributed by atoms with E-state index in [1.54, 1.807) is 6.20 Å². The summed E-state index contributed by atoms with van der Waals surface area (Å²) in [6.07, 6.45) is 1.80. The summed E-state index contributed by atoms with van der Waals surface area (Å²) < 4.78 is 7.83. The first kappa shape index (κ1) is 12.1. The molecular formula is C13H14N4OS. The fraction of sp³-hybridized carbons (Fsp3) is 0.308. The van der Waals surface area contributed by atoms with Crippen molar-refractivity contribution in [2.45, 2.75) is 27.3 Å². The summed E-state index contributed by atoms with van der Waals surface area (Å²) in [5, 5.41) is 3.97. The van der Waals surface area contributed by atoms with E-state index in [0.29, 0.717) is 11.3 Å². The highest BCUT2D eigenvalue weighted by Crippen LogP contribution is 2.19. The third kappa shape index (κ3) is 1.88. The van der Waals surface area contributed by atoms with Gasteiger partial charge in [0.05, 0.1) is 17.8 Å². The number of nitrogens with one attached hydrogen (secondary N) is 1. The van der Waals surface area contributed by atoms with E-state index in [1.165, 1.54) is 0 Å². The zero-order valence-corrected chi connectivity index (χ0v) is 11.8. The van der Waals surface area contributed by atoms with Crippen LogP contribution < -0.4 is 0 Å². The average Bonchev–Trinajstić information content (AvgIpc) is 2.86. The summed E-state index contributed by atoms with van der Waals surface area (Å²) in [5.41, 5.74) is 4.93. The van der Waals surface area contributed by atoms with Crippen molar-refractivity contribution in [3.8, 4) is 0 Å². The van der Waals surface area contributed by atoms with Crippen molar-refractivity contribution < 1.29 is 4.52 Å². The van der Waals surface area contributed by atoms with Crippen LogP contribution in [0.15, 0.2) is 16.8 Å². The highest BCUT2D eigenvalue weighted by molar-refractivity contribution is 7.71. The van der Waals surface area contributed by atoms with Crippen molar-refractivity contribution in [1.29, 1.82) is 0 Å². The van der Waals surface area contributed by atoms with E-state index < -0.39 is 0 Å². The Labute approximate surface area is 115 Å². The molecule has 3 rings (SSSR count). The van der Waals surface area contributed by atoms with Crippen LogP contribution in [0.25, 0.3) is 11.2 Å². The van der Waals surface area contributed by atoms with E-state index in [4.69, 9.17) is 16.7 Å². The second-order valence-corrected chi connectivity index (χ2v) is 5.03. The topological polar surface area (TPSA) is 59.6 Å². The molecule has 98 valence electrons. The van der Waals surface area contributed by atoms with Gasteiger partial charge in [-0.1, -0.05) is 5.16 Å². The number of H-pyrrole nitrogens is 1. The molecule has 3 aromatic rings. The van der Waals surface area contributed by atoms with Gasteiger partial charge >= 0.3 is 0 Å². The lowest BCUT2D eigenvalue weighted by atomic mass is 10.2. The lowest BCUT2D eigenvalue weighted by Crippen LogP contribution is -2.02. The van der Waals surface area contributed by atoms with Gasteiger partial charge in [0.1, 0.15) is 5.76 Å². The van der Waals surface area contributed by atoms with Gasteiger partial charge in [0, 0.05) is 11.8 Å². The molecule has 0 saturated carbocycles. The van der Waals surface area contributed by atoms with Crippen LogP contribution >= 0.6 is 12.2 Å². The van der Waals surface area contributed by atoms with Crippen LogP contribution in [-0.4, -0.2) is 19.7 Å². The molecule has 0 atom stereocenters. The maximum Gasteiger partial charge on any atom is 0.179 e. The number of imidazole rings is 1. The van der Waals surface area contributed by atoms with Crippen LogP contribution in [0.5, 0.6) is 0 Å². The predicted molar refractivity (Wildman–Crippen MR) is 74.7 cm³/mol. The van der Waals surface area contributed by atoms with Gasteiger partial charge in [-0.05, 0) is 44.6 Å². The van der Waals surface area contributed by atoms with Crippen LogP contribution in [0, 0.1) is 25.5 Å². The van der Waals surface area contributed by atoms with Gasteiger partial charge in [0.15, 0.2) is 10.4 Å². The summed E-state index contributed by atoms with van der Waals surface area (Å²) in [7, 11) is 0. The van der Waals surface area contributed by atoms with E-state index in [-0.39, 0.29) is 0 Å². The van der Waals surface area contributed by atoms with E-state index in [1.807, 2.05) is 31.4 Å². The lowest BCUT2D eigenvalue weighted by molar-refractivity contribution is 0.392. The van der Waals surface area contributed by atoms with E-state index >= 15 is 0 Å². The van der Waals surface area contributed by atoms with Crippen molar-refractivity contribution in [3.63, 3.8) is 0 Å². The fourth-order valence-electron chi connectivity index (χ4n) is 2.21. The molecule has 0 radical (unpaired) electrons. The van der Waals surface area contributed by atoms with Gasteiger partial charge in [0.25, 0.3) is 0 Å². The number of pyridine rings is 1. The van der Waals surface area contributed by atoms with Gasteiger partial charge in [-0.25, -0.2) is 4.98 Å². The molecule has 0 aliphatic carbocycles. The molecule has 0 saturated heterocycles. The normalized spacial score (nSPS) is 11.3. The van der Waals surface area contributed by atoms with Crippen molar-refractivity contribution in [1.82, 2.24) is 19.7 Å². The molecule has 0 amide bonds. The summed E-state index contributed by atoms with van der Waals surface area (Å²) in [5.74, 6) is 0.821. The Morgan fingerprint density at radius 2 is 2.16 bits per heavy atom. The van der Waals surface area contributed by atoms with Gasteiger partial charge < -0.3 is 9.51 Å². The molecule has 0 aliphatic rings. The van der Waals surface area contributed by atoms with Gasteiger partial charge in [-0.3, -0.25) is 4.57 Å². The summed E-state index contributed by atoms with van der Waals surface area (Å²) >= 11 is 5.39. The molecule has 3 aromatic heterocycles. The monoisotopic (exact) mass is 274 g/mol. The summed E-state index contributed by atoms with van der Waals surface area (Å²) in [6.45, 7) is 6.50. The average molecular weight is 274 g/mol. The van der Waals surface area contributed by atoms with Gasteiger partial charge in [-0.2, -0.15) is 0 Å². The lowest BCUT2D eigenvalue weighted by Gasteiger charge is -2.03. The van der Waals surface area contributed by atoms with Crippen molar-refractivity contribution >= 4 is 23.4 Å². The molecule has 0 fully saturated rings. The molecule has 5 nitrogen and oxygen atoms in total. The second-order valence-electron chi connectivity index (χ2n) is 4.65. The molecule has 6 heteroatoms. The van der Waals surface area contributed by atoms with Crippen LogP contribution in [0.4, 0.5) is 0 Å². The van der Waals surface area contributed by atoms with E-state index in [0.717, 1.165) is 33.7 Å². The molecule has 0 aromatic carbocycles. The third-order valence-electron chi connectivity index (χ3n) is 3.37. The first-order valence-corrected chi connectivity index (χ1v) is 6.44. The SMILES string of the molecule is Cc1noc(C)c1Cn1c(=S)[nH]c2c(C)ccnc21. The maximum atomic E-state index is 5.39. The van der Waals surface area contributed by atoms with Crippen LogP contribution in [0.3, 0.4) is 0 Å². The van der Waals surface area contributed by atoms with E-state index in [9.17, 15) is 0 Å². The molecule has 0 aliphatic heterocycles. The first-order valence-electron chi connectivity index (χ1n) is 6.04. The first-order chi connectivity index (χ1) is 9.08. The van der Waals surface area contributed by atoms with Crippen LogP contribution in [0.2, 0.25) is 0 Å². The Hall–Kier alpha value is -1.95. The third-order valence-corrected chi connectivity index (χ3v) is 3.69. The molecule has 19 heavy (non-hydrogen) atoms. The van der Waals surface area contributed by atoms with Gasteiger partial charge in [0.2, 0.25) is 0 Å². The molecule has 1 N–H and O–H groups in total. The zero-order chi connectivity index (χ0) is 13.6. The number of hydrogen-bond acceptors (Lipinski definition) is 4. The number of aromatic amines is 1. The van der Waals surface area contributed by atoms with Crippen LogP contribution in [0.1, 0.15) is 22.6 Å². The molecule has 0 unspecified atom stereocenters. The number of fused-ring (bicyclic) bond motifs is 1. The maximum absolute atomic E-state index is 5.39. The number of aromatic nitrogens is 4. The summed E-state index contributed by atoms with van der Waals surface area (Å²) in [4.78, 5) is 7.63. The number of hydrogen-bond donors (Lipinski definition) is 1. The molecule has 0 bridgehead atoms. The van der Waals surface area contributed by atoms with Crippen molar-refractivity contribution in [2.24, 2.45) is 0 Å². The predicted octanol–water partition coefficient (Wildman–Crippen LogP) is 3.06. The van der Waals surface area contributed by atoms with Crippen molar-refractivity contribution in [2.75, 3.05) is 0 Å². The Balaban J connectivity index is 2.19. The molecule has 0 spiro atoms. The largest absolute Gasteiger partial charge is 0.361 e. The Morgan fingerprint density at radius 1 is 1.37 bits per heavy atom. The van der Waals surface area contributed by atoms with E-state index in [2.05, 4.69) is 15.1 Å². The quantitative estimate of drug-likeness (QED) is 0.730. The minimum absolute atomic E-state index is 0.621. The minimum atomic E-state index is 0.621. The fourth-order valence-corrected chi connectivity index (χ4v) is 2.46. The second kappa shape index (κ2) is 4.31. The molecule has 3 heterocycles. The van der Waals surface area contributed by atoms with Crippen LogP contribution in [-0.2, 0) is 6.54 Å². The number of rotatable bonds is 2.